The number of ether oxygens (including phenoxy) is 2. The Bertz CT molecular complexity index is 1230. The minimum Gasteiger partial charge on any atom is -0.394 e. The summed E-state index contributed by atoms with van der Waals surface area (Å²) in [6.07, 6.45) is 53.8. The average Bonchev–Trinajstić information content (AvgIpc) is 3.29. The Kier molecular flexibility index (Phi) is 41.4. The van der Waals surface area contributed by atoms with E-state index in [2.05, 4.69) is 79.9 Å². The van der Waals surface area contributed by atoms with Gasteiger partial charge in [-0.05, 0) is 70.6 Å². The Hall–Kier alpha value is -2.37. The topological polar surface area (TPSA) is 149 Å². The third-order valence-electron chi connectivity index (χ3n) is 12.0. The summed E-state index contributed by atoms with van der Waals surface area (Å²) >= 11 is 0. The molecule has 0 aromatic carbocycles. The van der Waals surface area contributed by atoms with Crippen LogP contribution < -0.4 is 5.32 Å². The molecule has 1 saturated heterocycles. The number of unbranched alkanes of at least 4 members (excludes halogenated alkanes) is 23. The molecule has 1 aliphatic rings. The molecule has 1 amide bonds. The van der Waals surface area contributed by atoms with Gasteiger partial charge in [0.15, 0.2) is 6.29 Å². The SMILES string of the molecule is CC/C=C\C/C=C\C/C=C\C/C=C\CCCCCCCCC(=O)NC(COC1OC(CO)C(O)C(O)C1O)C(O)/C=C/CC/C=C/CCCCCCCCCCCCCCCCCC. The molecule has 7 atom stereocenters. The lowest BCUT2D eigenvalue weighted by Gasteiger charge is -2.40. The zero-order valence-corrected chi connectivity index (χ0v) is 40.8. The number of nitrogens with one attached hydrogen (secondary N) is 1. The third-order valence-corrected chi connectivity index (χ3v) is 12.0. The summed E-state index contributed by atoms with van der Waals surface area (Å²) < 4.78 is 11.2. The predicted octanol–water partition coefficient (Wildman–Crippen LogP) is 12.1. The molecule has 0 radical (unpaired) electrons. The molecule has 1 heterocycles. The minimum absolute atomic E-state index is 0.203. The number of aliphatic hydroxyl groups excluding tert-OH is 5. The van der Waals surface area contributed by atoms with Gasteiger partial charge in [0.1, 0.15) is 24.4 Å². The van der Waals surface area contributed by atoms with Crippen molar-refractivity contribution in [1.29, 1.82) is 0 Å². The molecule has 370 valence electrons. The van der Waals surface area contributed by atoms with E-state index in [1.807, 2.05) is 6.08 Å². The van der Waals surface area contributed by atoms with Crippen LogP contribution >= 0.6 is 0 Å². The van der Waals surface area contributed by atoms with Gasteiger partial charge in [-0.15, -0.1) is 0 Å². The van der Waals surface area contributed by atoms with Crippen molar-refractivity contribution >= 4 is 5.91 Å². The second-order valence-corrected chi connectivity index (χ2v) is 17.9. The molecular weight excluding hydrogens is 803 g/mol. The highest BCUT2D eigenvalue weighted by Crippen LogP contribution is 2.23. The van der Waals surface area contributed by atoms with Crippen LogP contribution in [0.5, 0.6) is 0 Å². The molecule has 0 spiro atoms. The number of carbonyl (C=O) groups excluding carboxylic acids is 1. The van der Waals surface area contributed by atoms with Crippen molar-refractivity contribution in [2.75, 3.05) is 13.2 Å². The van der Waals surface area contributed by atoms with Crippen molar-refractivity contribution in [1.82, 2.24) is 5.32 Å². The molecule has 1 aliphatic heterocycles. The van der Waals surface area contributed by atoms with E-state index in [1.54, 1.807) is 6.08 Å². The standard InChI is InChI=1S/C55H97NO8/c1-3-5-7-9-11-13-15-17-19-21-23-24-25-27-28-30-32-34-36-38-40-42-44-49(58)48(47-63-55-54(62)53(61)52(60)50(46-57)64-55)56-51(59)45-43-41-39-37-35-33-31-29-26-22-20-18-16-14-12-10-8-6-4-2/h6,8,12,14,18,20,26,29,34,36,42,44,48-50,52-55,57-58,60-62H,3-5,7,9-11,13,15-17,19,21-25,27-28,30-33,35,37-41,43,45-47H2,1-2H3,(H,56,59)/b8-6-,14-12-,20-18-,29-26-,36-34+,44-42+. The minimum atomic E-state index is -1.58. The summed E-state index contributed by atoms with van der Waals surface area (Å²) in [6, 6.07) is -0.833. The molecule has 1 rings (SSSR count). The zero-order chi connectivity index (χ0) is 46.6. The highest BCUT2D eigenvalue weighted by molar-refractivity contribution is 5.76. The van der Waals surface area contributed by atoms with Crippen LogP contribution in [0.25, 0.3) is 0 Å². The molecule has 0 saturated carbocycles. The van der Waals surface area contributed by atoms with Crippen LogP contribution in [-0.4, -0.2) is 87.5 Å². The maximum absolute atomic E-state index is 13.0. The van der Waals surface area contributed by atoms with Crippen LogP contribution in [0, 0.1) is 0 Å². The van der Waals surface area contributed by atoms with Crippen LogP contribution in [-0.2, 0) is 14.3 Å². The first kappa shape index (κ1) is 59.6. The van der Waals surface area contributed by atoms with E-state index in [-0.39, 0.29) is 12.5 Å². The zero-order valence-electron chi connectivity index (χ0n) is 40.8. The van der Waals surface area contributed by atoms with Crippen molar-refractivity contribution in [2.24, 2.45) is 0 Å². The van der Waals surface area contributed by atoms with Crippen molar-refractivity contribution in [2.45, 2.75) is 256 Å². The van der Waals surface area contributed by atoms with Crippen molar-refractivity contribution in [3.05, 3.63) is 72.9 Å². The summed E-state index contributed by atoms with van der Waals surface area (Å²) in [6.45, 7) is 3.64. The van der Waals surface area contributed by atoms with Crippen molar-refractivity contribution in [3.63, 3.8) is 0 Å². The molecule has 0 aromatic rings. The molecule has 6 N–H and O–H groups in total. The number of amides is 1. The quantitative estimate of drug-likeness (QED) is 0.0262. The fourth-order valence-electron chi connectivity index (χ4n) is 7.87. The van der Waals surface area contributed by atoms with Gasteiger partial charge < -0.3 is 40.3 Å². The van der Waals surface area contributed by atoms with Gasteiger partial charge in [0, 0.05) is 6.42 Å². The van der Waals surface area contributed by atoms with E-state index in [4.69, 9.17) is 9.47 Å². The van der Waals surface area contributed by atoms with E-state index >= 15 is 0 Å². The van der Waals surface area contributed by atoms with Gasteiger partial charge in [0.05, 0.1) is 25.4 Å². The van der Waals surface area contributed by atoms with Gasteiger partial charge in [-0.3, -0.25) is 4.79 Å². The van der Waals surface area contributed by atoms with Crippen LogP contribution in [0.3, 0.4) is 0 Å². The van der Waals surface area contributed by atoms with Crippen LogP contribution in [0.2, 0.25) is 0 Å². The maximum atomic E-state index is 13.0. The van der Waals surface area contributed by atoms with Crippen molar-refractivity contribution < 1.29 is 39.8 Å². The molecular formula is C55H97NO8. The maximum Gasteiger partial charge on any atom is 0.220 e. The Morgan fingerprint density at radius 1 is 0.547 bits per heavy atom. The number of rotatable bonds is 43. The van der Waals surface area contributed by atoms with Gasteiger partial charge in [0.25, 0.3) is 0 Å². The van der Waals surface area contributed by atoms with E-state index < -0.39 is 49.5 Å². The summed E-state index contributed by atoms with van der Waals surface area (Å²) in [7, 11) is 0. The number of aliphatic hydroxyl groups is 5. The first-order valence-corrected chi connectivity index (χ1v) is 26.2. The molecule has 0 aliphatic carbocycles. The molecule has 7 unspecified atom stereocenters. The smallest absolute Gasteiger partial charge is 0.220 e. The summed E-state index contributed by atoms with van der Waals surface area (Å²) in [5.41, 5.74) is 0. The van der Waals surface area contributed by atoms with Gasteiger partial charge in [0.2, 0.25) is 5.91 Å². The second kappa shape index (κ2) is 44.5. The lowest BCUT2D eigenvalue weighted by molar-refractivity contribution is -0.302. The Morgan fingerprint density at radius 2 is 0.984 bits per heavy atom. The highest BCUT2D eigenvalue weighted by atomic mass is 16.7. The Labute approximate surface area is 391 Å². The molecule has 1 fully saturated rings. The van der Waals surface area contributed by atoms with Crippen molar-refractivity contribution in [3.8, 4) is 0 Å². The summed E-state index contributed by atoms with van der Waals surface area (Å²) in [4.78, 5) is 13.0. The van der Waals surface area contributed by atoms with E-state index in [0.29, 0.717) is 6.42 Å². The summed E-state index contributed by atoms with van der Waals surface area (Å²) in [5, 5.41) is 54.4. The number of hydrogen-bond acceptors (Lipinski definition) is 8. The first-order chi connectivity index (χ1) is 31.3. The van der Waals surface area contributed by atoms with E-state index in [1.165, 1.54) is 103 Å². The van der Waals surface area contributed by atoms with Gasteiger partial charge >= 0.3 is 0 Å². The van der Waals surface area contributed by atoms with Gasteiger partial charge in [-0.1, -0.05) is 209 Å². The monoisotopic (exact) mass is 900 g/mol. The summed E-state index contributed by atoms with van der Waals surface area (Å²) in [5.74, 6) is -0.203. The lowest BCUT2D eigenvalue weighted by atomic mass is 9.99. The Morgan fingerprint density at radius 3 is 1.50 bits per heavy atom. The largest absolute Gasteiger partial charge is 0.394 e. The number of hydrogen-bond donors (Lipinski definition) is 6. The molecule has 64 heavy (non-hydrogen) atoms. The van der Waals surface area contributed by atoms with Crippen LogP contribution in [0.1, 0.15) is 213 Å². The fourth-order valence-corrected chi connectivity index (χ4v) is 7.87. The molecule has 9 heteroatoms. The highest BCUT2D eigenvalue weighted by Gasteiger charge is 2.44. The van der Waals surface area contributed by atoms with Gasteiger partial charge in [-0.2, -0.15) is 0 Å². The predicted molar refractivity (Wildman–Crippen MR) is 267 cm³/mol. The van der Waals surface area contributed by atoms with Crippen LogP contribution in [0.4, 0.5) is 0 Å². The molecule has 9 nitrogen and oxygen atoms in total. The third kappa shape index (κ3) is 34.0. The fraction of sp³-hybridized carbons (Fsp3) is 0.764. The van der Waals surface area contributed by atoms with E-state index in [0.717, 1.165) is 89.9 Å². The Balaban J connectivity index is 2.33. The lowest BCUT2D eigenvalue weighted by Crippen LogP contribution is -2.60. The van der Waals surface area contributed by atoms with Gasteiger partial charge in [-0.25, -0.2) is 0 Å². The van der Waals surface area contributed by atoms with E-state index in [9.17, 15) is 30.3 Å². The second-order valence-electron chi connectivity index (χ2n) is 17.9. The number of allylic oxidation sites excluding steroid dienone is 11. The normalized spacial score (nSPS) is 20.6. The van der Waals surface area contributed by atoms with Crippen LogP contribution in [0.15, 0.2) is 72.9 Å². The molecule has 0 bridgehead atoms. The first-order valence-electron chi connectivity index (χ1n) is 26.2. The number of carbonyl (C=O) groups is 1. The molecule has 0 aromatic heterocycles. The average molecular weight is 900 g/mol.